The first-order valence-electron chi connectivity index (χ1n) is 8.88. The van der Waals surface area contributed by atoms with Crippen molar-refractivity contribution in [2.45, 2.75) is 12.8 Å². The summed E-state index contributed by atoms with van der Waals surface area (Å²) in [6, 6.07) is 8.98. The van der Waals surface area contributed by atoms with Crippen LogP contribution in [0.4, 0.5) is 11.5 Å². The molecule has 0 fully saturated rings. The SMILES string of the molecule is O=C(CCC(=O)N1CCOc2ccccc21)NCCNc1ncc(Cl)cc1Cl. The molecular formula is C19H20Cl2N4O3. The van der Waals surface area contributed by atoms with Crippen molar-refractivity contribution in [2.75, 3.05) is 36.5 Å². The van der Waals surface area contributed by atoms with Gasteiger partial charge in [0.2, 0.25) is 11.8 Å². The number of benzene rings is 1. The number of para-hydroxylation sites is 2. The summed E-state index contributed by atoms with van der Waals surface area (Å²) >= 11 is 11.8. The molecule has 148 valence electrons. The second-order valence-corrected chi connectivity index (χ2v) is 6.97. The summed E-state index contributed by atoms with van der Waals surface area (Å²) in [5.74, 6) is 0.904. The Kier molecular flexibility index (Phi) is 6.95. The number of nitrogens with one attached hydrogen (secondary N) is 2. The standard InChI is InChI=1S/C19H20Cl2N4O3/c20-13-11-14(21)19(24-12-13)23-8-7-22-17(26)5-6-18(27)25-9-10-28-16-4-2-1-3-15(16)25/h1-4,11-12H,5-10H2,(H,22,26)(H,23,24). The summed E-state index contributed by atoms with van der Waals surface area (Å²) in [6.07, 6.45) is 1.75. The van der Waals surface area contributed by atoms with Crippen molar-refractivity contribution in [1.82, 2.24) is 10.3 Å². The van der Waals surface area contributed by atoms with Crippen LogP contribution in [0.1, 0.15) is 12.8 Å². The predicted octanol–water partition coefficient (Wildman–Crippen LogP) is 3.12. The number of rotatable bonds is 7. The zero-order chi connectivity index (χ0) is 19.9. The second kappa shape index (κ2) is 9.61. The van der Waals surface area contributed by atoms with E-state index in [1.165, 1.54) is 6.20 Å². The first kappa shape index (κ1) is 20.2. The lowest BCUT2D eigenvalue weighted by atomic mass is 10.2. The van der Waals surface area contributed by atoms with Gasteiger partial charge >= 0.3 is 0 Å². The van der Waals surface area contributed by atoms with E-state index in [4.69, 9.17) is 27.9 Å². The largest absolute Gasteiger partial charge is 0.490 e. The lowest BCUT2D eigenvalue weighted by Crippen LogP contribution is -2.38. The highest BCUT2D eigenvalue weighted by Gasteiger charge is 2.23. The molecule has 2 N–H and O–H groups in total. The number of hydrogen-bond acceptors (Lipinski definition) is 5. The third-order valence-corrected chi connectivity index (χ3v) is 4.64. The van der Waals surface area contributed by atoms with Gasteiger partial charge in [-0.2, -0.15) is 0 Å². The number of hydrogen-bond donors (Lipinski definition) is 2. The number of anilines is 2. The van der Waals surface area contributed by atoms with Gasteiger partial charge in [-0.1, -0.05) is 35.3 Å². The first-order valence-corrected chi connectivity index (χ1v) is 9.64. The number of carbonyl (C=O) groups is 2. The molecule has 0 unspecified atom stereocenters. The zero-order valence-electron chi connectivity index (χ0n) is 15.1. The highest BCUT2D eigenvalue weighted by Crippen LogP contribution is 2.31. The lowest BCUT2D eigenvalue weighted by Gasteiger charge is -2.29. The average Bonchev–Trinajstić information content (AvgIpc) is 2.70. The molecule has 0 atom stereocenters. The van der Waals surface area contributed by atoms with Gasteiger partial charge in [-0.25, -0.2) is 4.98 Å². The molecule has 28 heavy (non-hydrogen) atoms. The van der Waals surface area contributed by atoms with Crippen LogP contribution in [-0.2, 0) is 9.59 Å². The molecule has 2 heterocycles. The number of carbonyl (C=O) groups excluding carboxylic acids is 2. The summed E-state index contributed by atoms with van der Waals surface area (Å²) < 4.78 is 5.54. The average molecular weight is 423 g/mol. The third kappa shape index (κ3) is 5.27. The molecule has 1 aromatic carbocycles. The van der Waals surface area contributed by atoms with Crippen molar-refractivity contribution in [3.8, 4) is 5.75 Å². The van der Waals surface area contributed by atoms with Gasteiger partial charge in [-0.3, -0.25) is 9.59 Å². The minimum atomic E-state index is -0.188. The molecule has 9 heteroatoms. The number of ether oxygens (including phenoxy) is 1. The lowest BCUT2D eigenvalue weighted by molar-refractivity contribution is -0.125. The van der Waals surface area contributed by atoms with E-state index in [9.17, 15) is 9.59 Å². The Morgan fingerprint density at radius 1 is 1.18 bits per heavy atom. The molecule has 0 saturated heterocycles. The molecule has 1 aromatic heterocycles. The number of nitrogens with zero attached hydrogens (tertiary/aromatic N) is 2. The van der Waals surface area contributed by atoms with Gasteiger partial charge < -0.3 is 20.3 Å². The van der Waals surface area contributed by atoms with E-state index in [2.05, 4.69) is 15.6 Å². The fourth-order valence-corrected chi connectivity index (χ4v) is 3.25. The van der Waals surface area contributed by atoms with Gasteiger partial charge in [-0.05, 0) is 18.2 Å². The van der Waals surface area contributed by atoms with E-state index in [1.807, 2.05) is 24.3 Å². The molecule has 3 rings (SSSR count). The summed E-state index contributed by atoms with van der Waals surface area (Å²) in [5, 5.41) is 6.65. The predicted molar refractivity (Wildman–Crippen MR) is 109 cm³/mol. The summed E-state index contributed by atoms with van der Waals surface area (Å²) in [6.45, 7) is 1.76. The van der Waals surface area contributed by atoms with Crippen LogP contribution in [0.5, 0.6) is 5.75 Å². The Bertz CT molecular complexity index is 863. The van der Waals surface area contributed by atoms with Crippen molar-refractivity contribution < 1.29 is 14.3 Å². The number of halogens is 2. The maximum Gasteiger partial charge on any atom is 0.227 e. The summed E-state index contributed by atoms with van der Waals surface area (Å²) in [4.78, 5) is 30.2. The quantitative estimate of drug-likeness (QED) is 0.669. The van der Waals surface area contributed by atoms with Gasteiger partial charge in [0.15, 0.2) is 0 Å². The topological polar surface area (TPSA) is 83.6 Å². The van der Waals surface area contributed by atoms with Crippen LogP contribution < -0.4 is 20.3 Å². The molecule has 7 nitrogen and oxygen atoms in total. The van der Waals surface area contributed by atoms with Crippen LogP contribution in [-0.4, -0.2) is 43.0 Å². The highest BCUT2D eigenvalue weighted by molar-refractivity contribution is 6.35. The van der Waals surface area contributed by atoms with Crippen molar-refractivity contribution in [1.29, 1.82) is 0 Å². The molecule has 1 aliphatic heterocycles. The van der Waals surface area contributed by atoms with Crippen molar-refractivity contribution in [3.63, 3.8) is 0 Å². The molecule has 0 bridgehead atoms. The molecule has 0 spiro atoms. The first-order chi connectivity index (χ1) is 13.5. The van der Waals surface area contributed by atoms with Gasteiger partial charge in [0.25, 0.3) is 0 Å². The summed E-state index contributed by atoms with van der Waals surface area (Å²) in [7, 11) is 0. The van der Waals surface area contributed by atoms with E-state index in [1.54, 1.807) is 11.0 Å². The molecule has 0 aliphatic carbocycles. The van der Waals surface area contributed by atoms with Gasteiger partial charge in [-0.15, -0.1) is 0 Å². The minimum Gasteiger partial charge on any atom is -0.490 e. The monoisotopic (exact) mass is 422 g/mol. The molecule has 0 radical (unpaired) electrons. The Morgan fingerprint density at radius 2 is 2.00 bits per heavy atom. The van der Waals surface area contributed by atoms with E-state index in [0.29, 0.717) is 47.9 Å². The molecule has 0 saturated carbocycles. The zero-order valence-corrected chi connectivity index (χ0v) is 16.6. The van der Waals surface area contributed by atoms with Gasteiger partial charge in [0.05, 0.1) is 22.3 Å². The van der Waals surface area contributed by atoms with Crippen molar-refractivity contribution in [3.05, 3.63) is 46.6 Å². The van der Waals surface area contributed by atoms with Crippen LogP contribution in [0, 0.1) is 0 Å². The Hall–Kier alpha value is -2.51. The van der Waals surface area contributed by atoms with Crippen LogP contribution in [0.15, 0.2) is 36.5 Å². The number of aromatic nitrogens is 1. The van der Waals surface area contributed by atoms with E-state index in [0.717, 1.165) is 5.69 Å². The smallest absolute Gasteiger partial charge is 0.227 e. The number of pyridine rings is 1. The van der Waals surface area contributed by atoms with Gasteiger partial charge in [0.1, 0.15) is 18.2 Å². The van der Waals surface area contributed by atoms with E-state index < -0.39 is 0 Å². The molecule has 1 aliphatic rings. The van der Waals surface area contributed by atoms with E-state index in [-0.39, 0.29) is 24.7 Å². The fraction of sp³-hybridized carbons (Fsp3) is 0.316. The third-order valence-electron chi connectivity index (χ3n) is 4.14. The fourth-order valence-electron chi connectivity index (χ4n) is 2.80. The Morgan fingerprint density at radius 3 is 2.82 bits per heavy atom. The molecule has 2 aromatic rings. The maximum atomic E-state index is 12.5. The molecule has 2 amide bonds. The van der Waals surface area contributed by atoms with Crippen LogP contribution in [0.3, 0.4) is 0 Å². The minimum absolute atomic E-state index is 0.0961. The number of amides is 2. The van der Waals surface area contributed by atoms with Crippen LogP contribution >= 0.6 is 23.2 Å². The van der Waals surface area contributed by atoms with Crippen LogP contribution in [0.25, 0.3) is 0 Å². The van der Waals surface area contributed by atoms with Crippen LogP contribution in [0.2, 0.25) is 10.0 Å². The Balaban J connectivity index is 1.39. The number of fused-ring (bicyclic) bond motifs is 1. The second-order valence-electron chi connectivity index (χ2n) is 6.12. The van der Waals surface area contributed by atoms with Gasteiger partial charge in [0, 0.05) is 32.1 Å². The van der Waals surface area contributed by atoms with Crippen molar-refractivity contribution >= 4 is 46.5 Å². The normalized spacial score (nSPS) is 12.7. The maximum absolute atomic E-state index is 12.5. The summed E-state index contributed by atoms with van der Waals surface area (Å²) in [5.41, 5.74) is 0.746. The molecular weight excluding hydrogens is 403 g/mol. The van der Waals surface area contributed by atoms with Crippen molar-refractivity contribution in [2.24, 2.45) is 0 Å². The highest BCUT2D eigenvalue weighted by atomic mass is 35.5. The van der Waals surface area contributed by atoms with E-state index >= 15 is 0 Å². The Labute approximate surface area is 173 Å².